The first kappa shape index (κ1) is 18.4. The van der Waals surface area contributed by atoms with E-state index in [0.717, 1.165) is 61.5 Å². The number of aromatic nitrogens is 2. The first-order valence-corrected chi connectivity index (χ1v) is 9.63. The molecule has 2 aromatic heterocycles. The van der Waals surface area contributed by atoms with Crippen LogP contribution in [0.4, 0.5) is 5.82 Å². The summed E-state index contributed by atoms with van der Waals surface area (Å²) < 4.78 is 0. The van der Waals surface area contributed by atoms with E-state index < -0.39 is 0 Å². The highest BCUT2D eigenvalue weighted by Gasteiger charge is 2.28. The highest BCUT2D eigenvalue weighted by molar-refractivity contribution is 7.16. The quantitative estimate of drug-likeness (QED) is 0.849. The second-order valence-electron chi connectivity index (χ2n) is 6.66. The minimum absolute atomic E-state index is 0. The van der Waals surface area contributed by atoms with Gasteiger partial charge in [0.15, 0.2) is 0 Å². The van der Waals surface area contributed by atoms with Crippen LogP contribution in [0.25, 0.3) is 10.2 Å². The molecule has 136 valence electrons. The zero-order valence-corrected chi connectivity index (χ0v) is 15.7. The smallest absolute Gasteiger partial charge is 0.224 e. The zero-order valence-electron chi connectivity index (χ0n) is 14.1. The summed E-state index contributed by atoms with van der Waals surface area (Å²) in [6.45, 7) is 3.52. The number of nitrogens with zero attached hydrogens (tertiary/aromatic N) is 3. The van der Waals surface area contributed by atoms with Gasteiger partial charge in [-0.15, -0.1) is 23.7 Å². The third-order valence-electron chi connectivity index (χ3n) is 5.02. The van der Waals surface area contributed by atoms with Gasteiger partial charge in [0.25, 0.3) is 0 Å². The number of hydrogen-bond acceptors (Lipinski definition) is 6. The molecule has 8 heteroatoms. The van der Waals surface area contributed by atoms with Gasteiger partial charge in [-0.25, -0.2) is 9.97 Å². The monoisotopic (exact) mass is 381 g/mol. The molecule has 4 rings (SSSR count). The fraction of sp³-hybridized carbons (Fsp3) is 0.588. The maximum Gasteiger partial charge on any atom is 0.224 e. The number of carbonyl (C=O) groups excluding carboxylic acids is 1. The molecule has 2 N–H and O–H groups in total. The van der Waals surface area contributed by atoms with E-state index in [0.29, 0.717) is 6.04 Å². The summed E-state index contributed by atoms with van der Waals surface area (Å²) in [6, 6.07) is 2.52. The largest absolute Gasteiger partial charge is 0.355 e. The van der Waals surface area contributed by atoms with Gasteiger partial charge in [-0.1, -0.05) is 0 Å². The molecule has 2 aromatic rings. The summed E-state index contributed by atoms with van der Waals surface area (Å²) in [5.41, 5.74) is 0. The van der Waals surface area contributed by atoms with Gasteiger partial charge in [-0.3, -0.25) is 4.79 Å². The number of halogens is 1. The van der Waals surface area contributed by atoms with Crippen molar-refractivity contribution < 1.29 is 4.79 Å². The number of anilines is 1. The van der Waals surface area contributed by atoms with Gasteiger partial charge in [0.1, 0.15) is 17.0 Å². The van der Waals surface area contributed by atoms with Gasteiger partial charge in [-0.2, -0.15) is 0 Å². The molecule has 2 unspecified atom stereocenters. The summed E-state index contributed by atoms with van der Waals surface area (Å²) in [5.74, 6) is 1.20. The molecule has 4 heterocycles. The molecule has 25 heavy (non-hydrogen) atoms. The average molecular weight is 382 g/mol. The van der Waals surface area contributed by atoms with Crippen molar-refractivity contribution in [3.8, 4) is 0 Å². The van der Waals surface area contributed by atoms with Crippen molar-refractivity contribution in [3.63, 3.8) is 0 Å². The Morgan fingerprint density at radius 2 is 2.28 bits per heavy atom. The first-order valence-electron chi connectivity index (χ1n) is 8.75. The molecule has 2 saturated heterocycles. The Bertz CT molecular complexity index is 718. The van der Waals surface area contributed by atoms with Gasteiger partial charge in [-0.05, 0) is 43.7 Å². The van der Waals surface area contributed by atoms with Gasteiger partial charge in [0, 0.05) is 25.7 Å². The van der Waals surface area contributed by atoms with Crippen molar-refractivity contribution >= 4 is 45.7 Å². The SMILES string of the molecule is Cl.O=C(NCC1CCCN1)C1CCCN(c2ncnc3sccc23)C1. The van der Waals surface area contributed by atoms with Gasteiger partial charge in [0.05, 0.1) is 11.3 Å². The average Bonchev–Trinajstić information content (AvgIpc) is 3.30. The molecule has 2 atom stereocenters. The van der Waals surface area contributed by atoms with E-state index >= 15 is 0 Å². The molecule has 1 amide bonds. The number of fused-ring (bicyclic) bond motifs is 1. The van der Waals surface area contributed by atoms with E-state index in [1.165, 1.54) is 6.42 Å². The lowest BCUT2D eigenvalue weighted by Gasteiger charge is -2.33. The molecule has 6 nitrogen and oxygen atoms in total. The standard InChI is InChI=1S/C17H23N5OS.ClH/c23-16(19-9-13-4-1-6-18-13)12-3-2-7-22(10-12)15-14-5-8-24-17(14)21-11-20-15;/h5,8,11-13,18H,1-4,6-7,9-10H2,(H,19,23);1H. The van der Waals surface area contributed by atoms with Crippen LogP contribution >= 0.6 is 23.7 Å². The molecule has 2 aliphatic heterocycles. The third kappa shape index (κ3) is 4.04. The van der Waals surface area contributed by atoms with Crippen molar-refractivity contribution in [2.24, 2.45) is 5.92 Å². The van der Waals surface area contributed by atoms with E-state index in [2.05, 4.69) is 31.6 Å². The van der Waals surface area contributed by atoms with E-state index in [9.17, 15) is 4.79 Å². The second kappa shape index (κ2) is 8.29. The molecule has 0 aliphatic carbocycles. The maximum atomic E-state index is 12.5. The number of rotatable bonds is 4. The molecule has 2 fully saturated rings. The Kier molecular flexibility index (Phi) is 6.09. The van der Waals surface area contributed by atoms with Crippen molar-refractivity contribution in [3.05, 3.63) is 17.8 Å². The second-order valence-corrected chi connectivity index (χ2v) is 7.55. The Balaban J connectivity index is 0.00000182. The molecule has 0 saturated carbocycles. The molecule has 0 bridgehead atoms. The van der Waals surface area contributed by atoms with Crippen molar-refractivity contribution in [1.82, 2.24) is 20.6 Å². The third-order valence-corrected chi connectivity index (χ3v) is 5.84. The summed E-state index contributed by atoms with van der Waals surface area (Å²) >= 11 is 1.63. The number of nitrogens with one attached hydrogen (secondary N) is 2. The van der Waals surface area contributed by atoms with Crippen LogP contribution in [0, 0.1) is 5.92 Å². The van der Waals surface area contributed by atoms with E-state index in [1.54, 1.807) is 17.7 Å². The molecule has 0 spiro atoms. The molecular weight excluding hydrogens is 358 g/mol. The highest BCUT2D eigenvalue weighted by atomic mass is 35.5. The lowest BCUT2D eigenvalue weighted by Crippen LogP contribution is -2.46. The summed E-state index contributed by atoms with van der Waals surface area (Å²) in [7, 11) is 0. The van der Waals surface area contributed by atoms with Crippen LogP contribution in [0.2, 0.25) is 0 Å². The minimum atomic E-state index is 0. The van der Waals surface area contributed by atoms with Gasteiger partial charge >= 0.3 is 0 Å². The molecule has 0 aromatic carbocycles. The van der Waals surface area contributed by atoms with Crippen LogP contribution < -0.4 is 15.5 Å². The number of amides is 1. The summed E-state index contributed by atoms with van der Waals surface area (Å²) in [6.07, 6.45) is 5.98. The Hall–Kier alpha value is -1.44. The summed E-state index contributed by atoms with van der Waals surface area (Å²) in [5, 5.41) is 9.71. The predicted molar refractivity (Wildman–Crippen MR) is 104 cm³/mol. The van der Waals surface area contributed by atoms with Gasteiger partial charge < -0.3 is 15.5 Å². The molecule has 0 radical (unpaired) electrons. The highest BCUT2D eigenvalue weighted by Crippen LogP contribution is 2.29. The normalized spacial score (nSPS) is 23.4. The Morgan fingerprint density at radius 1 is 1.36 bits per heavy atom. The fourth-order valence-electron chi connectivity index (χ4n) is 3.71. The zero-order chi connectivity index (χ0) is 16.4. The number of hydrogen-bond donors (Lipinski definition) is 2. The number of piperidine rings is 1. The van der Waals surface area contributed by atoms with Gasteiger partial charge in [0.2, 0.25) is 5.91 Å². The van der Waals surface area contributed by atoms with Crippen LogP contribution in [-0.2, 0) is 4.79 Å². The fourth-order valence-corrected chi connectivity index (χ4v) is 4.44. The van der Waals surface area contributed by atoms with E-state index in [4.69, 9.17) is 0 Å². The Labute approximate surface area is 157 Å². The lowest BCUT2D eigenvalue weighted by molar-refractivity contribution is -0.125. The predicted octanol–water partition coefficient (Wildman–Crippen LogP) is 2.20. The van der Waals surface area contributed by atoms with Crippen LogP contribution in [0.3, 0.4) is 0 Å². The van der Waals surface area contributed by atoms with Crippen molar-refractivity contribution in [1.29, 1.82) is 0 Å². The van der Waals surface area contributed by atoms with Crippen LogP contribution in [0.5, 0.6) is 0 Å². The molecular formula is C17H24ClN5OS. The minimum Gasteiger partial charge on any atom is -0.355 e. The summed E-state index contributed by atoms with van der Waals surface area (Å²) in [4.78, 5) is 24.6. The topological polar surface area (TPSA) is 70.2 Å². The lowest BCUT2D eigenvalue weighted by atomic mass is 9.97. The first-order chi connectivity index (χ1) is 11.8. The maximum absolute atomic E-state index is 12.5. The van der Waals surface area contributed by atoms with Crippen LogP contribution in [-0.4, -0.2) is 48.1 Å². The number of carbonyl (C=O) groups is 1. The van der Waals surface area contributed by atoms with Crippen LogP contribution in [0.1, 0.15) is 25.7 Å². The van der Waals surface area contributed by atoms with Crippen LogP contribution in [0.15, 0.2) is 17.8 Å². The van der Waals surface area contributed by atoms with Crippen molar-refractivity contribution in [2.75, 3.05) is 31.1 Å². The van der Waals surface area contributed by atoms with E-state index in [1.807, 2.05) is 5.38 Å². The Morgan fingerprint density at radius 3 is 3.12 bits per heavy atom. The van der Waals surface area contributed by atoms with E-state index in [-0.39, 0.29) is 24.2 Å². The number of thiophene rings is 1. The molecule has 2 aliphatic rings. The van der Waals surface area contributed by atoms with Crippen molar-refractivity contribution in [2.45, 2.75) is 31.7 Å².